The minimum absolute atomic E-state index is 0.175. The van der Waals surface area contributed by atoms with Crippen molar-refractivity contribution in [2.24, 2.45) is 7.05 Å². The van der Waals surface area contributed by atoms with E-state index in [4.69, 9.17) is 0 Å². The molecule has 0 aliphatic carbocycles. The van der Waals surface area contributed by atoms with Crippen LogP contribution in [-0.4, -0.2) is 19.6 Å². The van der Waals surface area contributed by atoms with Crippen molar-refractivity contribution in [1.82, 2.24) is 19.6 Å². The van der Waals surface area contributed by atoms with Gasteiger partial charge in [-0.1, -0.05) is 18.2 Å². The summed E-state index contributed by atoms with van der Waals surface area (Å²) in [5.74, 6) is 0. The van der Waals surface area contributed by atoms with Crippen molar-refractivity contribution >= 4 is 21.6 Å². The Labute approximate surface area is 141 Å². The summed E-state index contributed by atoms with van der Waals surface area (Å²) in [6, 6.07) is 9.97. The van der Waals surface area contributed by atoms with Gasteiger partial charge in [0.25, 0.3) is 5.56 Å². The predicted molar refractivity (Wildman–Crippen MR) is 92.8 cm³/mol. The average Bonchev–Trinajstić information content (AvgIpc) is 2.99. The summed E-state index contributed by atoms with van der Waals surface area (Å²) in [7, 11) is 1.62. The van der Waals surface area contributed by atoms with Crippen molar-refractivity contribution in [3.05, 3.63) is 68.8 Å². The van der Waals surface area contributed by atoms with Gasteiger partial charge in [-0.2, -0.15) is 10.2 Å². The summed E-state index contributed by atoms with van der Waals surface area (Å²) in [4.78, 5) is 11.9. The Hall–Kier alpha value is -2.41. The molecule has 0 spiro atoms. The quantitative estimate of drug-likeness (QED) is 0.763. The molecule has 3 aromatic rings. The van der Waals surface area contributed by atoms with Gasteiger partial charge in [0.05, 0.1) is 23.3 Å². The number of nitrogens with zero attached hydrogens (tertiary/aromatic N) is 4. The molecule has 6 nitrogen and oxygen atoms in total. The molecule has 7 heteroatoms. The lowest BCUT2D eigenvalue weighted by Crippen LogP contribution is -2.21. The minimum atomic E-state index is -0.175. The summed E-state index contributed by atoms with van der Waals surface area (Å²) in [6.45, 7) is 2.52. The third kappa shape index (κ3) is 3.19. The fraction of sp³-hybridized carbons (Fsp3) is 0.188. The van der Waals surface area contributed by atoms with Crippen LogP contribution in [0.15, 0.2) is 52.0 Å². The highest BCUT2D eigenvalue weighted by Crippen LogP contribution is 2.19. The highest BCUT2D eigenvalue weighted by Gasteiger charge is 2.09. The maximum absolute atomic E-state index is 11.9. The van der Waals surface area contributed by atoms with Crippen LogP contribution < -0.4 is 10.9 Å². The molecule has 118 valence electrons. The fourth-order valence-corrected chi connectivity index (χ4v) is 2.76. The molecular formula is C16H16BrN5O. The molecule has 0 saturated heterocycles. The van der Waals surface area contributed by atoms with Crippen LogP contribution in [0.4, 0.5) is 5.69 Å². The first-order chi connectivity index (χ1) is 11.1. The zero-order valence-electron chi connectivity index (χ0n) is 12.8. The van der Waals surface area contributed by atoms with Gasteiger partial charge in [-0.15, -0.1) is 0 Å². The topological polar surface area (TPSA) is 64.7 Å². The van der Waals surface area contributed by atoms with Crippen LogP contribution in [0.25, 0.3) is 5.69 Å². The van der Waals surface area contributed by atoms with Crippen LogP contribution in [0.2, 0.25) is 0 Å². The number of para-hydroxylation sites is 1. The van der Waals surface area contributed by atoms with Gasteiger partial charge in [0.15, 0.2) is 0 Å². The number of nitrogens with one attached hydrogen (secondary N) is 1. The van der Waals surface area contributed by atoms with Gasteiger partial charge in [0, 0.05) is 19.8 Å². The first-order valence-electron chi connectivity index (χ1n) is 7.12. The molecule has 0 unspecified atom stereocenters. The molecule has 0 amide bonds. The number of halogens is 1. The van der Waals surface area contributed by atoms with Gasteiger partial charge in [-0.25, -0.2) is 9.36 Å². The minimum Gasteiger partial charge on any atom is -0.379 e. The molecule has 0 bridgehead atoms. The monoisotopic (exact) mass is 373 g/mol. The first kappa shape index (κ1) is 15.5. The molecule has 1 N–H and O–H groups in total. The van der Waals surface area contributed by atoms with Crippen LogP contribution >= 0.6 is 15.9 Å². The van der Waals surface area contributed by atoms with Gasteiger partial charge < -0.3 is 5.32 Å². The second-order valence-electron chi connectivity index (χ2n) is 5.18. The zero-order valence-corrected chi connectivity index (χ0v) is 14.4. The highest BCUT2D eigenvalue weighted by atomic mass is 79.9. The van der Waals surface area contributed by atoms with Gasteiger partial charge >= 0.3 is 0 Å². The molecule has 0 aliphatic rings. The van der Waals surface area contributed by atoms with Gasteiger partial charge in [-0.3, -0.25) is 4.79 Å². The summed E-state index contributed by atoms with van der Waals surface area (Å²) >= 11 is 3.32. The van der Waals surface area contributed by atoms with Gasteiger partial charge in [-0.05, 0) is 40.5 Å². The van der Waals surface area contributed by atoms with Crippen molar-refractivity contribution in [3.8, 4) is 5.69 Å². The standard InChI is InChI=1S/C16H16BrN5O/c1-11-7-8-22(20-11)14-6-4-3-5-12(14)9-18-13-10-19-21(2)16(23)15(13)17/h3-8,10,18H,9H2,1-2H3. The Bertz CT molecular complexity index is 899. The molecule has 0 aliphatic heterocycles. The summed E-state index contributed by atoms with van der Waals surface area (Å²) in [5.41, 5.74) is 3.53. The zero-order chi connectivity index (χ0) is 16.4. The molecule has 0 fully saturated rings. The van der Waals surface area contributed by atoms with E-state index in [-0.39, 0.29) is 5.56 Å². The molecule has 2 heterocycles. The molecule has 1 aromatic carbocycles. The molecule has 2 aromatic heterocycles. The van der Waals surface area contributed by atoms with E-state index in [0.29, 0.717) is 16.7 Å². The van der Waals surface area contributed by atoms with Crippen LogP contribution in [0.1, 0.15) is 11.3 Å². The largest absolute Gasteiger partial charge is 0.379 e. The summed E-state index contributed by atoms with van der Waals surface area (Å²) in [6.07, 6.45) is 3.57. The normalized spacial score (nSPS) is 10.7. The van der Waals surface area contributed by atoms with Crippen LogP contribution in [0, 0.1) is 6.92 Å². The van der Waals surface area contributed by atoms with E-state index in [1.54, 1.807) is 13.2 Å². The average molecular weight is 374 g/mol. The summed E-state index contributed by atoms with van der Waals surface area (Å²) < 4.78 is 3.61. The molecular weight excluding hydrogens is 358 g/mol. The molecule has 0 radical (unpaired) electrons. The van der Waals surface area contributed by atoms with E-state index < -0.39 is 0 Å². The number of rotatable bonds is 4. The molecule has 23 heavy (non-hydrogen) atoms. The maximum Gasteiger partial charge on any atom is 0.282 e. The Morgan fingerprint density at radius 1 is 1.26 bits per heavy atom. The van der Waals surface area contributed by atoms with Crippen molar-refractivity contribution < 1.29 is 0 Å². The van der Waals surface area contributed by atoms with Crippen LogP contribution in [-0.2, 0) is 13.6 Å². The Balaban J connectivity index is 1.87. The highest BCUT2D eigenvalue weighted by molar-refractivity contribution is 9.10. The third-order valence-electron chi connectivity index (χ3n) is 3.51. The smallest absolute Gasteiger partial charge is 0.282 e. The Kier molecular flexibility index (Phi) is 4.29. The van der Waals surface area contributed by atoms with E-state index in [9.17, 15) is 4.79 Å². The SMILES string of the molecule is Cc1ccn(-c2ccccc2CNc2cnn(C)c(=O)c2Br)n1. The second kappa shape index (κ2) is 6.37. The first-order valence-corrected chi connectivity index (χ1v) is 7.92. The van der Waals surface area contributed by atoms with E-state index in [1.165, 1.54) is 4.68 Å². The number of hydrogen-bond acceptors (Lipinski definition) is 4. The number of benzene rings is 1. The fourth-order valence-electron chi connectivity index (χ4n) is 2.26. The second-order valence-corrected chi connectivity index (χ2v) is 5.98. The van der Waals surface area contributed by atoms with E-state index in [2.05, 4.69) is 31.4 Å². The van der Waals surface area contributed by atoms with Crippen molar-refractivity contribution in [3.63, 3.8) is 0 Å². The Morgan fingerprint density at radius 2 is 2.04 bits per heavy atom. The number of aryl methyl sites for hydroxylation is 2. The molecule has 0 saturated carbocycles. The lowest BCUT2D eigenvalue weighted by molar-refractivity contribution is 0.703. The predicted octanol–water partition coefficient (Wildman–Crippen LogP) is 2.65. The lowest BCUT2D eigenvalue weighted by Gasteiger charge is -2.12. The van der Waals surface area contributed by atoms with Crippen LogP contribution in [0.5, 0.6) is 0 Å². The van der Waals surface area contributed by atoms with E-state index in [0.717, 1.165) is 16.9 Å². The summed E-state index contributed by atoms with van der Waals surface area (Å²) in [5, 5.41) is 11.7. The molecule has 0 atom stereocenters. The lowest BCUT2D eigenvalue weighted by atomic mass is 10.1. The number of aromatic nitrogens is 4. The maximum atomic E-state index is 11.9. The van der Waals surface area contributed by atoms with E-state index >= 15 is 0 Å². The van der Waals surface area contributed by atoms with E-state index in [1.807, 2.05) is 48.1 Å². The number of anilines is 1. The van der Waals surface area contributed by atoms with Crippen molar-refractivity contribution in [1.29, 1.82) is 0 Å². The third-order valence-corrected chi connectivity index (χ3v) is 4.27. The van der Waals surface area contributed by atoms with Gasteiger partial charge in [0.1, 0.15) is 4.47 Å². The van der Waals surface area contributed by atoms with Crippen LogP contribution in [0.3, 0.4) is 0 Å². The Morgan fingerprint density at radius 3 is 2.78 bits per heavy atom. The van der Waals surface area contributed by atoms with Crippen molar-refractivity contribution in [2.45, 2.75) is 13.5 Å². The molecule has 3 rings (SSSR count). The van der Waals surface area contributed by atoms with Gasteiger partial charge in [0.2, 0.25) is 0 Å². The number of hydrogen-bond donors (Lipinski definition) is 1. The van der Waals surface area contributed by atoms with Crippen molar-refractivity contribution in [2.75, 3.05) is 5.32 Å².